The van der Waals surface area contributed by atoms with Gasteiger partial charge < -0.3 is 14.6 Å². The number of anilines is 1. The van der Waals surface area contributed by atoms with Gasteiger partial charge in [-0.15, -0.1) is 0 Å². The minimum Gasteiger partial charge on any atom is -0.462 e. The molecule has 1 aliphatic heterocycles. The molecule has 0 atom stereocenters. The highest BCUT2D eigenvalue weighted by molar-refractivity contribution is 5.94. The Morgan fingerprint density at radius 3 is 2.54 bits per heavy atom. The lowest BCUT2D eigenvalue weighted by Crippen LogP contribution is -2.40. The van der Waals surface area contributed by atoms with E-state index >= 15 is 0 Å². The van der Waals surface area contributed by atoms with Crippen molar-refractivity contribution in [3.63, 3.8) is 0 Å². The van der Waals surface area contributed by atoms with Crippen LogP contribution in [-0.4, -0.2) is 52.6 Å². The van der Waals surface area contributed by atoms with Crippen LogP contribution < -0.4 is 5.32 Å². The van der Waals surface area contributed by atoms with Gasteiger partial charge in [0.1, 0.15) is 5.82 Å². The number of benzene rings is 1. The van der Waals surface area contributed by atoms with Crippen LogP contribution in [0.25, 0.3) is 0 Å². The number of likely N-dealkylation sites (tertiary alicyclic amines) is 1. The van der Waals surface area contributed by atoms with Crippen LogP contribution >= 0.6 is 0 Å². The predicted octanol–water partition coefficient (Wildman–Crippen LogP) is 2.72. The van der Waals surface area contributed by atoms with Gasteiger partial charge in [-0.05, 0) is 70.0 Å². The molecule has 0 bridgehead atoms. The second kappa shape index (κ2) is 9.50. The van der Waals surface area contributed by atoms with Crippen molar-refractivity contribution in [3.8, 4) is 0 Å². The van der Waals surface area contributed by atoms with Crippen LogP contribution in [0.15, 0.2) is 36.7 Å². The van der Waals surface area contributed by atoms with Crippen molar-refractivity contribution in [3.05, 3.63) is 48.0 Å². The van der Waals surface area contributed by atoms with Crippen LogP contribution in [0, 0.1) is 12.8 Å². The number of hydrogen-bond acceptors (Lipinski definition) is 5. The molecule has 1 aromatic heterocycles. The van der Waals surface area contributed by atoms with Gasteiger partial charge >= 0.3 is 5.97 Å². The van der Waals surface area contributed by atoms with Crippen molar-refractivity contribution in [1.82, 2.24) is 14.5 Å². The Labute approximate surface area is 165 Å². The van der Waals surface area contributed by atoms with Gasteiger partial charge in [-0.1, -0.05) is 0 Å². The summed E-state index contributed by atoms with van der Waals surface area (Å²) in [4.78, 5) is 30.5. The van der Waals surface area contributed by atoms with Crippen LogP contribution in [0.4, 0.5) is 5.69 Å². The molecule has 1 saturated heterocycles. The number of piperidine rings is 1. The fourth-order valence-electron chi connectivity index (χ4n) is 3.51. The molecule has 0 unspecified atom stereocenters. The first kappa shape index (κ1) is 20.1. The first-order chi connectivity index (χ1) is 13.5. The minimum atomic E-state index is -0.353. The van der Waals surface area contributed by atoms with E-state index in [1.807, 2.05) is 19.3 Å². The molecule has 3 rings (SSSR count). The summed E-state index contributed by atoms with van der Waals surface area (Å²) in [5, 5.41) is 2.90. The van der Waals surface area contributed by atoms with E-state index in [1.165, 1.54) is 0 Å². The standard InChI is InChI=1S/C21H28N4O3/c1-3-28-21(27)18-4-6-19(7-5-18)23-20(26)15-24-11-8-17(9-12-24)14-25-13-10-22-16(25)2/h4-7,10,13,17H,3,8-9,11-12,14-15H2,1-2H3,(H,23,26). The number of carbonyl (C=O) groups excluding carboxylic acids is 2. The lowest BCUT2D eigenvalue weighted by molar-refractivity contribution is -0.117. The zero-order chi connectivity index (χ0) is 19.9. The maximum atomic E-state index is 12.3. The minimum absolute atomic E-state index is 0.0345. The van der Waals surface area contributed by atoms with Crippen LogP contribution in [0.1, 0.15) is 35.9 Å². The molecule has 0 spiro atoms. The molecule has 2 aromatic rings. The van der Waals surface area contributed by atoms with Crippen molar-refractivity contribution in [2.75, 3.05) is 31.6 Å². The summed E-state index contributed by atoms with van der Waals surface area (Å²) < 4.78 is 7.16. The van der Waals surface area contributed by atoms with E-state index in [4.69, 9.17) is 4.74 Å². The summed E-state index contributed by atoms with van der Waals surface area (Å²) in [5.74, 6) is 1.29. The van der Waals surface area contributed by atoms with Gasteiger partial charge in [0.05, 0.1) is 18.7 Å². The molecule has 0 aliphatic carbocycles. The second-order valence-corrected chi connectivity index (χ2v) is 7.19. The number of aromatic nitrogens is 2. The van der Waals surface area contributed by atoms with E-state index < -0.39 is 0 Å². The van der Waals surface area contributed by atoms with Crippen LogP contribution in [0.5, 0.6) is 0 Å². The third kappa shape index (κ3) is 5.42. The SMILES string of the molecule is CCOC(=O)c1ccc(NC(=O)CN2CCC(Cn3ccnc3C)CC2)cc1. The summed E-state index contributed by atoms with van der Waals surface area (Å²) in [6.07, 6.45) is 6.04. The highest BCUT2D eigenvalue weighted by Gasteiger charge is 2.21. The maximum absolute atomic E-state index is 12.3. The first-order valence-corrected chi connectivity index (χ1v) is 9.82. The Bertz CT molecular complexity index is 792. The van der Waals surface area contributed by atoms with E-state index in [9.17, 15) is 9.59 Å². The fraction of sp³-hybridized carbons (Fsp3) is 0.476. The summed E-state index contributed by atoms with van der Waals surface area (Å²) in [5.41, 5.74) is 1.17. The monoisotopic (exact) mass is 384 g/mol. The van der Waals surface area contributed by atoms with Crippen LogP contribution in [-0.2, 0) is 16.1 Å². The van der Waals surface area contributed by atoms with E-state index in [-0.39, 0.29) is 11.9 Å². The number of carbonyl (C=O) groups is 2. The topological polar surface area (TPSA) is 76.5 Å². The number of nitrogens with zero attached hydrogens (tertiary/aromatic N) is 3. The number of aryl methyl sites for hydroxylation is 1. The lowest BCUT2D eigenvalue weighted by atomic mass is 9.96. The molecule has 150 valence electrons. The summed E-state index contributed by atoms with van der Waals surface area (Å²) >= 11 is 0. The van der Waals surface area contributed by atoms with Crippen molar-refractivity contribution in [2.24, 2.45) is 5.92 Å². The number of nitrogens with one attached hydrogen (secondary N) is 1. The maximum Gasteiger partial charge on any atom is 0.338 e. The van der Waals surface area contributed by atoms with Gasteiger partial charge in [0.15, 0.2) is 0 Å². The molecule has 0 radical (unpaired) electrons. The third-order valence-electron chi connectivity index (χ3n) is 5.13. The van der Waals surface area contributed by atoms with Gasteiger partial charge in [0, 0.05) is 24.6 Å². The number of imidazole rings is 1. The number of esters is 1. The van der Waals surface area contributed by atoms with Crippen molar-refractivity contribution >= 4 is 17.6 Å². The zero-order valence-corrected chi connectivity index (χ0v) is 16.6. The quantitative estimate of drug-likeness (QED) is 0.743. The smallest absolute Gasteiger partial charge is 0.338 e. The summed E-state index contributed by atoms with van der Waals surface area (Å²) in [6, 6.07) is 6.78. The van der Waals surface area contributed by atoms with E-state index in [0.29, 0.717) is 30.3 Å². The normalized spacial score (nSPS) is 15.4. The fourth-order valence-corrected chi connectivity index (χ4v) is 3.51. The zero-order valence-electron chi connectivity index (χ0n) is 16.6. The van der Waals surface area contributed by atoms with Crippen molar-refractivity contribution in [2.45, 2.75) is 33.2 Å². The molecule has 1 amide bonds. The van der Waals surface area contributed by atoms with E-state index in [1.54, 1.807) is 31.2 Å². The largest absolute Gasteiger partial charge is 0.462 e. The molecule has 1 N–H and O–H groups in total. The molecule has 1 fully saturated rings. The van der Waals surface area contributed by atoms with Crippen LogP contribution in [0.2, 0.25) is 0 Å². The Kier molecular flexibility index (Phi) is 6.81. The highest BCUT2D eigenvalue weighted by atomic mass is 16.5. The average molecular weight is 384 g/mol. The molecular formula is C21H28N4O3. The van der Waals surface area contributed by atoms with Gasteiger partial charge in [0.2, 0.25) is 5.91 Å². The van der Waals surface area contributed by atoms with Gasteiger partial charge in [0.25, 0.3) is 0 Å². The highest BCUT2D eigenvalue weighted by Crippen LogP contribution is 2.20. The van der Waals surface area contributed by atoms with E-state index in [2.05, 4.69) is 19.8 Å². The number of ether oxygens (including phenoxy) is 1. The van der Waals surface area contributed by atoms with Gasteiger partial charge in [-0.3, -0.25) is 9.69 Å². The van der Waals surface area contributed by atoms with Gasteiger partial charge in [-0.25, -0.2) is 9.78 Å². The number of hydrogen-bond donors (Lipinski definition) is 1. The molecule has 0 saturated carbocycles. The second-order valence-electron chi connectivity index (χ2n) is 7.19. The molecule has 2 heterocycles. The van der Waals surface area contributed by atoms with Crippen LogP contribution in [0.3, 0.4) is 0 Å². The molecule has 7 heteroatoms. The Morgan fingerprint density at radius 1 is 1.21 bits per heavy atom. The molecular weight excluding hydrogens is 356 g/mol. The lowest BCUT2D eigenvalue weighted by Gasteiger charge is -2.31. The van der Waals surface area contributed by atoms with Crippen molar-refractivity contribution < 1.29 is 14.3 Å². The van der Waals surface area contributed by atoms with E-state index in [0.717, 1.165) is 38.3 Å². The molecule has 28 heavy (non-hydrogen) atoms. The number of rotatable bonds is 7. The third-order valence-corrected chi connectivity index (χ3v) is 5.13. The van der Waals surface area contributed by atoms with Crippen molar-refractivity contribution in [1.29, 1.82) is 0 Å². The molecule has 7 nitrogen and oxygen atoms in total. The Hall–Kier alpha value is -2.67. The van der Waals surface area contributed by atoms with Gasteiger partial charge in [-0.2, -0.15) is 0 Å². The number of amides is 1. The Morgan fingerprint density at radius 2 is 1.93 bits per heavy atom. The molecule has 1 aromatic carbocycles. The summed E-state index contributed by atoms with van der Waals surface area (Å²) in [6.45, 7) is 7.37. The Balaban J connectivity index is 1.42. The first-order valence-electron chi connectivity index (χ1n) is 9.82. The predicted molar refractivity (Wildman–Crippen MR) is 107 cm³/mol. The summed E-state index contributed by atoms with van der Waals surface area (Å²) in [7, 11) is 0. The molecule has 1 aliphatic rings. The average Bonchev–Trinajstić information content (AvgIpc) is 3.08.